The van der Waals surface area contributed by atoms with Gasteiger partial charge in [0.05, 0.1) is 25.4 Å². The molecule has 3 N–H and O–H groups in total. The first-order valence-corrected chi connectivity index (χ1v) is 38.7. The number of aliphatic hydroxyl groups is 2. The molecule has 0 aromatic rings. The molecule has 0 aromatic heterocycles. The quantitative estimate of drug-likeness (QED) is 0.0320. The van der Waals surface area contributed by atoms with Crippen LogP contribution in [0.1, 0.15) is 431 Å². The zero-order chi connectivity index (χ0) is 61.3. The van der Waals surface area contributed by atoms with Gasteiger partial charge in [0.2, 0.25) is 5.91 Å². The van der Waals surface area contributed by atoms with Crippen molar-refractivity contribution in [3.63, 3.8) is 0 Å². The van der Waals surface area contributed by atoms with Crippen molar-refractivity contribution in [2.45, 2.75) is 443 Å². The molecule has 2 unspecified atom stereocenters. The van der Waals surface area contributed by atoms with Gasteiger partial charge in [0.1, 0.15) is 0 Å². The molecule has 0 saturated heterocycles. The van der Waals surface area contributed by atoms with E-state index in [9.17, 15) is 19.8 Å². The number of amides is 1. The number of hydrogen-bond acceptors (Lipinski definition) is 5. The summed E-state index contributed by atoms with van der Waals surface area (Å²) in [6, 6.07) is -0.540. The lowest BCUT2D eigenvalue weighted by atomic mass is 10.0. The topological polar surface area (TPSA) is 95.9 Å². The molecule has 0 bridgehead atoms. The number of allylic oxidation sites excluding steroid dienone is 6. The van der Waals surface area contributed by atoms with Gasteiger partial charge in [-0.3, -0.25) is 9.59 Å². The van der Waals surface area contributed by atoms with Gasteiger partial charge >= 0.3 is 5.97 Å². The Bertz CT molecular complexity index is 1380. The zero-order valence-corrected chi connectivity index (χ0v) is 57.6. The molecule has 0 radical (unpaired) electrons. The van der Waals surface area contributed by atoms with Crippen molar-refractivity contribution in [3.8, 4) is 0 Å². The van der Waals surface area contributed by atoms with Crippen molar-refractivity contribution in [3.05, 3.63) is 36.5 Å². The average Bonchev–Trinajstić information content (AvgIpc) is 3.50. The van der Waals surface area contributed by atoms with Gasteiger partial charge in [0, 0.05) is 12.8 Å². The fourth-order valence-electron chi connectivity index (χ4n) is 12.3. The Balaban J connectivity index is 3.36. The van der Waals surface area contributed by atoms with Crippen LogP contribution in [0.4, 0.5) is 0 Å². The molecule has 0 rings (SSSR count). The molecule has 0 heterocycles. The van der Waals surface area contributed by atoms with Crippen LogP contribution in [0, 0.1) is 0 Å². The van der Waals surface area contributed by atoms with Crippen molar-refractivity contribution in [2.24, 2.45) is 0 Å². The molecule has 0 spiro atoms. The Morgan fingerprint density at radius 2 is 0.588 bits per heavy atom. The highest BCUT2D eigenvalue weighted by atomic mass is 16.5. The first-order chi connectivity index (χ1) is 42.0. The molecule has 85 heavy (non-hydrogen) atoms. The van der Waals surface area contributed by atoms with Crippen molar-refractivity contribution in [2.75, 3.05) is 13.2 Å². The Morgan fingerprint density at radius 3 is 0.906 bits per heavy atom. The monoisotopic (exact) mass is 1190 g/mol. The lowest BCUT2D eigenvalue weighted by molar-refractivity contribution is -0.143. The molecule has 0 aliphatic carbocycles. The van der Waals surface area contributed by atoms with Crippen molar-refractivity contribution in [1.82, 2.24) is 5.32 Å². The highest BCUT2D eigenvalue weighted by Gasteiger charge is 2.20. The summed E-state index contributed by atoms with van der Waals surface area (Å²) in [7, 11) is 0. The molecule has 2 atom stereocenters. The van der Waals surface area contributed by atoms with Gasteiger partial charge < -0.3 is 20.3 Å². The van der Waals surface area contributed by atoms with Gasteiger partial charge in [0.15, 0.2) is 0 Å². The van der Waals surface area contributed by atoms with Crippen LogP contribution in [0.15, 0.2) is 36.5 Å². The number of esters is 1. The van der Waals surface area contributed by atoms with Crippen LogP contribution in [-0.2, 0) is 14.3 Å². The van der Waals surface area contributed by atoms with Crippen molar-refractivity contribution in [1.29, 1.82) is 0 Å². The Morgan fingerprint density at radius 1 is 0.329 bits per heavy atom. The zero-order valence-electron chi connectivity index (χ0n) is 57.6. The smallest absolute Gasteiger partial charge is 0.305 e. The second kappa shape index (κ2) is 74.5. The lowest BCUT2D eigenvalue weighted by Gasteiger charge is -2.22. The third-order valence-corrected chi connectivity index (χ3v) is 18.2. The van der Waals surface area contributed by atoms with Gasteiger partial charge in [-0.2, -0.15) is 0 Å². The molecule has 1 amide bonds. The van der Waals surface area contributed by atoms with Crippen LogP contribution in [-0.4, -0.2) is 47.4 Å². The molecule has 0 aliphatic rings. The van der Waals surface area contributed by atoms with E-state index in [2.05, 4.69) is 55.6 Å². The van der Waals surface area contributed by atoms with E-state index in [4.69, 9.17) is 4.74 Å². The number of carbonyl (C=O) groups excluding carboxylic acids is 2. The van der Waals surface area contributed by atoms with Crippen LogP contribution < -0.4 is 5.32 Å². The van der Waals surface area contributed by atoms with Gasteiger partial charge in [-0.1, -0.05) is 371 Å². The van der Waals surface area contributed by atoms with Gasteiger partial charge in [-0.25, -0.2) is 0 Å². The standard InChI is InChI=1S/C79H151NO5/c1-3-5-7-9-11-13-15-17-19-40-43-47-51-55-59-63-67-71-77(82)76(75-81)80-78(83)72-68-64-60-56-52-48-44-41-38-36-34-32-30-28-26-24-22-21-23-25-27-29-31-33-35-37-39-42-46-50-54-58-62-66-70-74-85-79(84)73-69-65-61-57-53-49-45-20-18-16-14-12-10-8-6-4-2/h20,23,25,29,31,45,76-77,81-82H,3-19,21-22,24,26-28,30,32-44,46-75H2,1-2H3,(H,80,83)/b25-23-,31-29-,45-20-. The highest BCUT2D eigenvalue weighted by molar-refractivity contribution is 5.76. The van der Waals surface area contributed by atoms with Crippen LogP contribution in [0.25, 0.3) is 0 Å². The van der Waals surface area contributed by atoms with E-state index >= 15 is 0 Å². The maximum atomic E-state index is 12.5. The van der Waals surface area contributed by atoms with Gasteiger partial charge in [-0.05, 0) is 83.5 Å². The lowest BCUT2D eigenvalue weighted by Crippen LogP contribution is -2.45. The van der Waals surface area contributed by atoms with E-state index in [-0.39, 0.29) is 18.5 Å². The largest absolute Gasteiger partial charge is 0.466 e. The summed E-state index contributed by atoms with van der Waals surface area (Å²) in [6.45, 7) is 4.99. The average molecular weight is 1200 g/mol. The van der Waals surface area contributed by atoms with Crippen LogP contribution in [0.3, 0.4) is 0 Å². The molecule has 0 aromatic carbocycles. The maximum Gasteiger partial charge on any atom is 0.305 e. The maximum absolute atomic E-state index is 12.5. The van der Waals surface area contributed by atoms with E-state index in [0.29, 0.717) is 25.9 Å². The highest BCUT2D eigenvalue weighted by Crippen LogP contribution is 2.19. The molecule has 6 heteroatoms. The van der Waals surface area contributed by atoms with E-state index in [1.54, 1.807) is 0 Å². The van der Waals surface area contributed by atoms with Crippen molar-refractivity contribution >= 4 is 11.9 Å². The number of unbranched alkanes of at least 4 members (excludes halogenated alkanes) is 56. The number of aliphatic hydroxyl groups excluding tert-OH is 2. The fourth-order valence-corrected chi connectivity index (χ4v) is 12.3. The molecule has 6 nitrogen and oxygen atoms in total. The molecule has 0 aliphatic heterocycles. The predicted molar refractivity (Wildman–Crippen MR) is 375 cm³/mol. The number of carbonyl (C=O) groups is 2. The molecule has 0 saturated carbocycles. The number of hydrogen-bond donors (Lipinski definition) is 3. The van der Waals surface area contributed by atoms with Crippen molar-refractivity contribution < 1.29 is 24.5 Å². The van der Waals surface area contributed by atoms with E-state index in [1.807, 2.05) is 0 Å². The third kappa shape index (κ3) is 71.0. The minimum atomic E-state index is -0.663. The predicted octanol–water partition coefficient (Wildman–Crippen LogP) is 25.4. The summed E-state index contributed by atoms with van der Waals surface area (Å²) >= 11 is 0. The fraction of sp³-hybridized carbons (Fsp3) is 0.899. The number of nitrogens with one attached hydrogen (secondary N) is 1. The molecular weight excluding hydrogens is 1040 g/mol. The van der Waals surface area contributed by atoms with Gasteiger partial charge in [0.25, 0.3) is 0 Å². The summed E-state index contributed by atoms with van der Waals surface area (Å²) in [5.41, 5.74) is 0. The minimum absolute atomic E-state index is 0.0100. The summed E-state index contributed by atoms with van der Waals surface area (Å²) in [4.78, 5) is 24.6. The first-order valence-electron chi connectivity index (χ1n) is 38.7. The SMILES string of the molecule is CCCCCCCCC/C=C\CCCCCCCC(=O)OCCCCCCCCCCCCC/C=C\C/C=C\CCCCCCCCCCCCCCCCCCCC(=O)NC(CO)C(O)CCCCCCCCCCCCCCCCCCC. The third-order valence-electron chi connectivity index (χ3n) is 18.2. The van der Waals surface area contributed by atoms with Crippen LogP contribution in [0.2, 0.25) is 0 Å². The van der Waals surface area contributed by atoms with E-state index < -0.39 is 12.1 Å². The van der Waals surface area contributed by atoms with Crippen LogP contribution >= 0.6 is 0 Å². The second-order valence-electron chi connectivity index (χ2n) is 26.7. The second-order valence-corrected chi connectivity index (χ2v) is 26.7. The van der Waals surface area contributed by atoms with E-state index in [0.717, 1.165) is 51.4 Å². The summed E-state index contributed by atoms with van der Waals surface area (Å²) < 4.78 is 5.50. The molecule has 0 fully saturated rings. The number of ether oxygens (including phenoxy) is 1. The Labute approximate surface area is 532 Å². The number of rotatable bonds is 73. The van der Waals surface area contributed by atoms with Crippen LogP contribution in [0.5, 0.6) is 0 Å². The summed E-state index contributed by atoms with van der Waals surface area (Å²) in [5, 5.41) is 23.4. The Hall–Kier alpha value is -1.92. The first kappa shape index (κ1) is 83.1. The summed E-state index contributed by atoms with van der Waals surface area (Å²) in [6.07, 6.45) is 96.6. The molecular formula is C79H151NO5. The Kier molecular flexibility index (Phi) is 72.9. The minimum Gasteiger partial charge on any atom is -0.466 e. The summed E-state index contributed by atoms with van der Waals surface area (Å²) in [5.74, 6) is -0.0189. The molecule has 502 valence electrons. The van der Waals surface area contributed by atoms with Gasteiger partial charge in [-0.15, -0.1) is 0 Å². The van der Waals surface area contributed by atoms with E-state index in [1.165, 1.54) is 347 Å². The normalized spacial score (nSPS) is 12.7.